The first kappa shape index (κ1) is 15.5. The Morgan fingerprint density at radius 2 is 2.05 bits per heavy atom. The van der Waals surface area contributed by atoms with Crippen molar-refractivity contribution in [1.29, 1.82) is 0 Å². The van der Waals surface area contributed by atoms with E-state index in [4.69, 9.17) is 0 Å². The van der Waals surface area contributed by atoms with Gasteiger partial charge in [0.1, 0.15) is 5.60 Å². The van der Waals surface area contributed by atoms with Crippen LogP contribution in [0.2, 0.25) is 0 Å². The Bertz CT molecular complexity index is 562. The van der Waals surface area contributed by atoms with Crippen LogP contribution < -0.4 is 5.32 Å². The minimum atomic E-state index is -1.17. The van der Waals surface area contributed by atoms with Crippen LogP contribution in [0, 0.1) is 5.92 Å². The fourth-order valence-electron chi connectivity index (χ4n) is 3.68. The van der Waals surface area contributed by atoms with E-state index in [1.54, 1.807) is 0 Å². The van der Waals surface area contributed by atoms with Crippen LogP contribution in [0.25, 0.3) is 0 Å². The molecule has 22 heavy (non-hydrogen) atoms. The quantitative estimate of drug-likeness (QED) is 0.899. The highest BCUT2D eigenvalue weighted by molar-refractivity contribution is 5.98. The minimum Gasteiger partial charge on any atom is -0.380 e. The van der Waals surface area contributed by atoms with Crippen molar-refractivity contribution >= 4 is 11.6 Å². The van der Waals surface area contributed by atoms with Crippen molar-refractivity contribution in [2.24, 2.45) is 5.92 Å². The van der Waals surface area contributed by atoms with E-state index in [0.717, 1.165) is 38.2 Å². The molecular weight excluding hydrogens is 276 g/mol. The van der Waals surface area contributed by atoms with Crippen molar-refractivity contribution in [2.75, 3.05) is 11.9 Å². The summed E-state index contributed by atoms with van der Waals surface area (Å²) < 4.78 is 0. The maximum Gasteiger partial charge on any atom is 0.256 e. The number of nitrogens with zero attached hydrogens (tertiary/aromatic N) is 1. The first-order chi connectivity index (χ1) is 10.5. The number of benzene rings is 1. The Labute approximate surface area is 132 Å². The Hall–Kier alpha value is -1.39. The number of carbonyl (C=O) groups is 1. The molecule has 1 amide bonds. The Kier molecular flexibility index (Phi) is 4.24. The molecule has 0 radical (unpaired) electrons. The SMILES string of the molecule is CC(C)CN1Cc2cccc(NC(=O)C3(O)CCCC3)c2C1. The number of hydrogen-bond acceptors (Lipinski definition) is 3. The first-order valence-corrected chi connectivity index (χ1v) is 8.35. The molecular formula is C18H26N2O2. The maximum absolute atomic E-state index is 12.4. The number of fused-ring (bicyclic) bond motifs is 1. The zero-order valence-electron chi connectivity index (χ0n) is 13.6. The average molecular weight is 302 g/mol. The molecule has 1 aromatic carbocycles. The smallest absolute Gasteiger partial charge is 0.256 e. The molecule has 2 N–H and O–H groups in total. The van der Waals surface area contributed by atoms with Gasteiger partial charge in [-0.3, -0.25) is 9.69 Å². The van der Waals surface area contributed by atoms with Crippen molar-refractivity contribution in [3.8, 4) is 0 Å². The number of amides is 1. The summed E-state index contributed by atoms with van der Waals surface area (Å²) in [6.45, 7) is 7.33. The summed E-state index contributed by atoms with van der Waals surface area (Å²) >= 11 is 0. The molecule has 4 nitrogen and oxygen atoms in total. The highest BCUT2D eigenvalue weighted by atomic mass is 16.3. The second kappa shape index (κ2) is 6.01. The second-order valence-electron chi connectivity index (χ2n) is 7.20. The number of carbonyl (C=O) groups excluding carboxylic acids is 1. The lowest BCUT2D eigenvalue weighted by molar-refractivity contribution is -0.133. The molecule has 4 heteroatoms. The molecule has 0 saturated heterocycles. The van der Waals surface area contributed by atoms with Crippen LogP contribution in [0.5, 0.6) is 0 Å². The average Bonchev–Trinajstić information content (AvgIpc) is 3.05. The lowest BCUT2D eigenvalue weighted by atomic mass is 10.0. The van der Waals surface area contributed by atoms with Gasteiger partial charge in [0.05, 0.1) is 0 Å². The second-order valence-corrected chi connectivity index (χ2v) is 7.20. The van der Waals surface area contributed by atoms with Crippen LogP contribution in [0.1, 0.15) is 50.7 Å². The van der Waals surface area contributed by atoms with E-state index in [9.17, 15) is 9.90 Å². The summed E-state index contributed by atoms with van der Waals surface area (Å²) in [6.07, 6.45) is 3.01. The minimum absolute atomic E-state index is 0.235. The zero-order chi connectivity index (χ0) is 15.7. The van der Waals surface area contributed by atoms with E-state index in [0.29, 0.717) is 18.8 Å². The van der Waals surface area contributed by atoms with Gasteiger partial charge in [0.25, 0.3) is 5.91 Å². The number of hydrogen-bond donors (Lipinski definition) is 2. The standard InChI is InChI=1S/C18H26N2O2/c1-13(2)10-20-11-14-6-5-7-16(15(14)12-20)19-17(21)18(22)8-3-4-9-18/h5-7,13,22H,3-4,8-12H2,1-2H3,(H,19,21). The molecule has 120 valence electrons. The van der Waals surface area contributed by atoms with Gasteiger partial charge in [-0.1, -0.05) is 26.0 Å². The molecule has 1 heterocycles. The molecule has 0 unspecified atom stereocenters. The lowest BCUT2D eigenvalue weighted by Crippen LogP contribution is -2.40. The molecule has 1 aliphatic heterocycles. The van der Waals surface area contributed by atoms with Gasteiger partial charge >= 0.3 is 0 Å². The third-order valence-corrected chi connectivity index (χ3v) is 4.77. The van der Waals surface area contributed by atoms with Crippen molar-refractivity contribution < 1.29 is 9.90 Å². The number of rotatable bonds is 4. The topological polar surface area (TPSA) is 52.6 Å². The van der Waals surface area contributed by atoms with Gasteiger partial charge in [-0.15, -0.1) is 0 Å². The number of aliphatic hydroxyl groups is 1. The predicted molar refractivity (Wildman–Crippen MR) is 87.4 cm³/mol. The molecule has 0 spiro atoms. The van der Waals surface area contributed by atoms with Gasteiger partial charge in [-0.25, -0.2) is 0 Å². The summed E-state index contributed by atoms with van der Waals surface area (Å²) in [5.41, 5.74) is 2.20. The number of anilines is 1. The maximum atomic E-state index is 12.4. The third-order valence-electron chi connectivity index (χ3n) is 4.77. The predicted octanol–water partition coefficient (Wildman–Crippen LogP) is 2.90. The molecule has 3 rings (SSSR count). The fourth-order valence-corrected chi connectivity index (χ4v) is 3.68. The van der Waals surface area contributed by atoms with Gasteiger partial charge < -0.3 is 10.4 Å². The van der Waals surface area contributed by atoms with E-state index in [2.05, 4.69) is 30.1 Å². The van der Waals surface area contributed by atoms with Crippen molar-refractivity contribution in [3.63, 3.8) is 0 Å². The van der Waals surface area contributed by atoms with Crippen LogP contribution in [0.15, 0.2) is 18.2 Å². The van der Waals surface area contributed by atoms with E-state index in [1.807, 2.05) is 12.1 Å². The largest absolute Gasteiger partial charge is 0.380 e. The van der Waals surface area contributed by atoms with Crippen LogP contribution in [-0.2, 0) is 17.9 Å². The van der Waals surface area contributed by atoms with E-state index >= 15 is 0 Å². The molecule has 0 atom stereocenters. The number of nitrogens with one attached hydrogen (secondary N) is 1. The Morgan fingerprint density at radius 3 is 2.73 bits per heavy atom. The van der Waals surface area contributed by atoms with Crippen LogP contribution in [-0.4, -0.2) is 28.1 Å². The van der Waals surface area contributed by atoms with Crippen molar-refractivity contribution in [1.82, 2.24) is 4.90 Å². The highest BCUT2D eigenvalue weighted by Crippen LogP contribution is 2.33. The Balaban J connectivity index is 1.74. The molecule has 1 aromatic rings. The third kappa shape index (κ3) is 3.03. The van der Waals surface area contributed by atoms with Crippen LogP contribution >= 0.6 is 0 Å². The monoisotopic (exact) mass is 302 g/mol. The zero-order valence-corrected chi connectivity index (χ0v) is 13.6. The van der Waals surface area contributed by atoms with Gasteiger partial charge in [-0.05, 0) is 48.8 Å². The fraction of sp³-hybridized carbons (Fsp3) is 0.611. The van der Waals surface area contributed by atoms with Gasteiger partial charge in [-0.2, -0.15) is 0 Å². The van der Waals surface area contributed by atoms with Crippen molar-refractivity contribution in [3.05, 3.63) is 29.3 Å². The summed E-state index contributed by atoms with van der Waals surface area (Å²) in [5, 5.41) is 13.4. The van der Waals surface area contributed by atoms with E-state index < -0.39 is 5.60 Å². The molecule has 2 aliphatic rings. The molecule has 1 aliphatic carbocycles. The summed E-state index contributed by atoms with van der Waals surface area (Å²) in [4.78, 5) is 14.8. The molecule has 1 saturated carbocycles. The summed E-state index contributed by atoms with van der Waals surface area (Å²) in [6, 6.07) is 6.08. The van der Waals surface area contributed by atoms with Crippen LogP contribution in [0.3, 0.4) is 0 Å². The van der Waals surface area contributed by atoms with Gasteiger partial charge in [0, 0.05) is 25.3 Å². The molecule has 0 aromatic heterocycles. The van der Waals surface area contributed by atoms with E-state index in [1.165, 1.54) is 11.1 Å². The normalized spacial score (nSPS) is 20.4. The van der Waals surface area contributed by atoms with E-state index in [-0.39, 0.29) is 5.91 Å². The van der Waals surface area contributed by atoms with Crippen molar-refractivity contribution in [2.45, 2.75) is 58.2 Å². The van der Waals surface area contributed by atoms with Crippen LogP contribution in [0.4, 0.5) is 5.69 Å². The highest BCUT2D eigenvalue weighted by Gasteiger charge is 2.39. The van der Waals surface area contributed by atoms with Gasteiger partial charge in [0.15, 0.2) is 0 Å². The molecule has 0 bridgehead atoms. The Morgan fingerprint density at radius 1 is 1.32 bits per heavy atom. The first-order valence-electron chi connectivity index (χ1n) is 8.35. The summed E-state index contributed by atoms with van der Waals surface area (Å²) in [5.74, 6) is 0.396. The molecule has 1 fully saturated rings. The lowest BCUT2D eigenvalue weighted by Gasteiger charge is -2.22. The summed E-state index contributed by atoms with van der Waals surface area (Å²) in [7, 11) is 0. The van der Waals surface area contributed by atoms with Gasteiger partial charge in [0.2, 0.25) is 0 Å².